The molecule has 2 rings (SSSR count). The van der Waals surface area contributed by atoms with Crippen LogP contribution in [0, 0.1) is 11.8 Å². The molecule has 3 unspecified atom stereocenters. The van der Waals surface area contributed by atoms with Gasteiger partial charge in [0.1, 0.15) is 0 Å². The van der Waals surface area contributed by atoms with Gasteiger partial charge in [-0.25, -0.2) is 0 Å². The highest BCUT2D eigenvalue weighted by atomic mass is 14.9. The van der Waals surface area contributed by atoms with Crippen LogP contribution in [0.3, 0.4) is 0 Å². The van der Waals surface area contributed by atoms with E-state index in [1.807, 2.05) is 0 Å². The highest BCUT2D eigenvalue weighted by molar-refractivity contribution is 5.24. The summed E-state index contributed by atoms with van der Waals surface area (Å²) in [6, 6.07) is 9.80. The average molecular weight is 259 g/mol. The second-order valence-corrected chi connectivity index (χ2v) is 6.78. The molecule has 19 heavy (non-hydrogen) atoms. The summed E-state index contributed by atoms with van der Waals surface area (Å²) in [5.74, 6) is 2.34. The van der Waals surface area contributed by atoms with Crippen molar-refractivity contribution in [3.8, 4) is 0 Å². The zero-order valence-electron chi connectivity index (χ0n) is 12.9. The van der Waals surface area contributed by atoms with Crippen LogP contribution in [0.2, 0.25) is 0 Å². The Morgan fingerprint density at radius 1 is 1.11 bits per heavy atom. The van der Waals surface area contributed by atoms with Crippen LogP contribution in [-0.4, -0.2) is 6.04 Å². The predicted octanol–water partition coefficient (Wildman–Crippen LogP) is 4.72. The van der Waals surface area contributed by atoms with Crippen LogP contribution in [0.4, 0.5) is 0 Å². The fourth-order valence-electron chi connectivity index (χ4n) is 3.09. The van der Waals surface area contributed by atoms with E-state index in [-0.39, 0.29) is 0 Å². The molecule has 1 N–H and O–H groups in total. The molecule has 0 aliphatic heterocycles. The molecule has 1 fully saturated rings. The Kier molecular flexibility index (Phi) is 5.04. The van der Waals surface area contributed by atoms with E-state index in [9.17, 15) is 0 Å². The molecule has 1 heteroatoms. The third kappa shape index (κ3) is 4.07. The predicted molar refractivity (Wildman–Crippen MR) is 83.3 cm³/mol. The number of rotatable bonds is 4. The third-order valence-electron chi connectivity index (χ3n) is 4.67. The maximum absolute atomic E-state index is 3.77. The molecular formula is C18H29N. The monoisotopic (exact) mass is 259 g/mol. The Bertz CT molecular complexity index is 379. The molecule has 1 aromatic rings. The largest absolute Gasteiger partial charge is 0.310 e. The lowest BCUT2D eigenvalue weighted by molar-refractivity contribution is 0.227. The van der Waals surface area contributed by atoms with Crippen molar-refractivity contribution < 1.29 is 0 Å². The summed E-state index contributed by atoms with van der Waals surface area (Å²) in [5, 5.41) is 3.77. The summed E-state index contributed by atoms with van der Waals surface area (Å²) in [6.45, 7) is 10.3. The Balaban J connectivity index is 1.87. The molecule has 1 aliphatic carbocycles. The zero-order chi connectivity index (χ0) is 13.8. The quantitative estimate of drug-likeness (QED) is 0.824. The molecule has 1 saturated carbocycles. The van der Waals surface area contributed by atoms with Gasteiger partial charge in [0, 0.05) is 12.6 Å². The molecule has 0 radical (unpaired) electrons. The smallest absolute Gasteiger partial charge is 0.0208 e. The summed E-state index contributed by atoms with van der Waals surface area (Å²) in [6.07, 6.45) is 4.12. The summed E-state index contributed by atoms with van der Waals surface area (Å²) < 4.78 is 0. The van der Waals surface area contributed by atoms with Gasteiger partial charge in [0.15, 0.2) is 0 Å². The molecule has 106 valence electrons. The first kappa shape index (κ1) is 14.6. The highest BCUT2D eigenvalue weighted by Gasteiger charge is 2.24. The molecule has 1 aromatic carbocycles. The lowest BCUT2D eigenvalue weighted by Crippen LogP contribution is -2.39. The second-order valence-electron chi connectivity index (χ2n) is 6.78. The first-order valence-electron chi connectivity index (χ1n) is 7.88. The maximum Gasteiger partial charge on any atom is 0.0208 e. The Morgan fingerprint density at radius 2 is 1.79 bits per heavy atom. The average Bonchev–Trinajstić information content (AvgIpc) is 2.40. The minimum absolute atomic E-state index is 0.626. The summed E-state index contributed by atoms with van der Waals surface area (Å²) >= 11 is 0. The van der Waals surface area contributed by atoms with Gasteiger partial charge in [0.05, 0.1) is 0 Å². The molecule has 1 aliphatic rings. The minimum atomic E-state index is 0.626. The fraction of sp³-hybridized carbons (Fsp3) is 0.667. The second kappa shape index (κ2) is 6.56. The molecule has 0 aromatic heterocycles. The van der Waals surface area contributed by atoms with Crippen molar-refractivity contribution >= 4 is 0 Å². The molecule has 0 heterocycles. The zero-order valence-corrected chi connectivity index (χ0v) is 12.9. The van der Waals surface area contributed by atoms with E-state index in [2.05, 4.69) is 57.3 Å². The van der Waals surface area contributed by atoms with E-state index in [1.54, 1.807) is 0 Å². The van der Waals surface area contributed by atoms with E-state index < -0.39 is 0 Å². The first-order chi connectivity index (χ1) is 9.06. The van der Waals surface area contributed by atoms with Crippen molar-refractivity contribution in [3.63, 3.8) is 0 Å². The number of hydrogen-bond acceptors (Lipinski definition) is 1. The topological polar surface area (TPSA) is 12.0 Å². The Labute approximate surface area is 118 Å². The summed E-state index contributed by atoms with van der Waals surface area (Å²) in [5.41, 5.74) is 2.85. The van der Waals surface area contributed by atoms with Crippen LogP contribution in [0.15, 0.2) is 24.3 Å². The van der Waals surface area contributed by atoms with Gasteiger partial charge >= 0.3 is 0 Å². The van der Waals surface area contributed by atoms with Crippen LogP contribution in [-0.2, 0) is 6.54 Å². The highest BCUT2D eigenvalue weighted by Crippen LogP contribution is 2.28. The van der Waals surface area contributed by atoms with Gasteiger partial charge in [-0.15, -0.1) is 0 Å². The van der Waals surface area contributed by atoms with Crippen LogP contribution < -0.4 is 5.32 Å². The van der Waals surface area contributed by atoms with E-state index in [0.29, 0.717) is 12.0 Å². The van der Waals surface area contributed by atoms with Crippen LogP contribution >= 0.6 is 0 Å². The normalized spacial score (nSPS) is 27.7. The third-order valence-corrected chi connectivity index (χ3v) is 4.67. The molecule has 0 saturated heterocycles. The Morgan fingerprint density at radius 3 is 2.42 bits per heavy atom. The van der Waals surface area contributed by atoms with Crippen LogP contribution in [0.1, 0.15) is 64.0 Å². The Hall–Kier alpha value is -0.820. The van der Waals surface area contributed by atoms with Crippen molar-refractivity contribution in [3.05, 3.63) is 35.4 Å². The molecule has 0 amide bonds. The van der Waals surface area contributed by atoms with Gasteiger partial charge in [0.2, 0.25) is 0 Å². The van der Waals surface area contributed by atoms with Crippen molar-refractivity contribution in [2.24, 2.45) is 11.8 Å². The van der Waals surface area contributed by atoms with Crippen LogP contribution in [0.5, 0.6) is 0 Å². The first-order valence-corrected chi connectivity index (χ1v) is 7.88. The van der Waals surface area contributed by atoms with Crippen LogP contribution in [0.25, 0.3) is 0 Å². The number of benzene rings is 1. The SMILES string of the molecule is CC1CCC(C)C(NCc2ccc(C(C)C)cc2)C1. The van der Waals surface area contributed by atoms with Crippen molar-refractivity contribution in [1.29, 1.82) is 0 Å². The van der Waals surface area contributed by atoms with Gasteiger partial charge in [-0.3, -0.25) is 0 Å². The van der Waals surface area contributed by atoms with Gasteiger partial charge in [0.25, 0.3) is 0 Å². The van der Waals surface area contributed by atoms with Crippen molar-refractivity contribution in [1.82, 2.24) is 5.32 Å². The maximum atomic E-state index is 3.77. The van der Waals surface area contributed by atoms with Gasteiger partial charge in [-0.05, 0) is 41.7 Å². The lowest BCUT2D eigenvalue weighted by atomic mass is 9.80. The van der Waals surface area contributed by atoms with Gasteiger partial charge in [-0.2, -0.15) is 0 Å². The molecule has 1 nitrogen and oxygen atoms in total. The number of hydrogen-bond donors (Lipinski definition) is 1. The molecule has 3 atom stereocenters. The van der Waals surface area contributed by atoms with E-state index in [1.165, 1.54) is 30.4 Å². The lowest BCUT2D eigenvalue weighted by Gasteiger charge is -2.33. The molecule has 0 spiro atoms. The van der Waals surface area contributed by atoms with Gasteiger partial charge in [-0.1, -0.05) is 58.4 Å². The van der Waals surface area contributed by atoms with E-state index in [0.717, 1.165) is 18.4 Å². The summed E-state index contributed by atoms with van der Waals surface area (Å²) in [7, 11) is 0. The van der Waals surface area contributed by atoms with Crippen molar-refractivity contribution in [2.75, 3.05) is 0 Å². The van der Waals surface area contributed by atoms with E-state index >= 15 is 0 Å². The fourth-order valence-corrected chi connectivity index (χ4v) is 3.09. The standard InChI is InChI=1S/C18H29N/c1-13(2)17-9-7-16(8-10-17)12-19-18-11-14(3)5-6-15(18)4/h7-10,13-15,18-19H,5-6,11-12H2,1-4H3. The number of nitrogens with one attached hydrogen (secondary N) is 1. The summed E-state index contributed by atoms with van der Waals surface area (Å²) in [4.78, 5) is 0. The van der Waals surface area contributed by atoms with E-state index in [4.69, 9.17) is 0 Å². The minimum Gasteiger partial charge on any atom is -0.310 e. The molecular weight excluding hydrogens is 230 g/mol. The van der Waals surface area contributed by atoms with Crippen molar-refractivity contribution in [2.45, 2.75) is 65.5 Å². The van der Waals surface area contributed by atoms with Gasteiger partial charge < -0.3 is 5.32 Å². The molecule has 0 bridgehead atoms.